The normalized spacial score (nSPS) is 34.2. The van der Waals surface area contributed by atoms with Gasteiger partial charge in [0, 0.05) is 12.8 Å². The highest BCUT2D eigenvalue weighted by Gasteiger charge is 2.53. The first-order valence-electron chi connectivity index (χ1n) is 35.9. The molecule has 8 saturated carbocycles. The van der Waals surface area contributed by atoms with Crippen LogP contribution in [0, 0.1) is 58.2 Å². The second-order valence-electron chi connectivity index (χ2n) is 36.9. The zero-order chi connectivity index (χ0) is 65.8. The van der Waals surface area contributed by atoms with Crippen molar-refractivity contribution in [2.75, 3.05) is 0 Å². The Labute approximate surface area is 546 Å². The third-order valence-corrected chi connectivity index (χ3v) is 44.3. The highest BCUT2D eigenvalue weighted by atomic mass is 28.4. The van der Waals surface area contributed by atoms with Crippen molar-refractivity contribution in [1.82, 2.24) is 0 Å². The van der Waals surface area contributed by atoms with Crippen molar-refractivity contribution < 1.29 is 27.9 Å². The van der Waals surface area contributed by atoms with Crippen LogP contribution in [0.5, 0.6) is 0 Å². The summed E-state index contributed by atoms with van der Waals surface area (Å²) in [4.78, 5) is 0. The molecule has 14 atom stereocenters. The first-order valence-corrected chi connectivity index (χ1v) is 47.6. The van der Waals surface area contributed by atoms with E-state index in [0.29, 0.717) is 58.2 Å². The average Bonchev–Trinajstić information content (AvgIpc) is 2.19. The molecule has 10 heteroatoms. The maximum Gasteiger partial charge on any atom is 0.192 e. The minimum absolute atomic E-state index is 0.0233. The molecular formula is C78H136O6Si4. The van der Waals surface area contributed by atoms with Crippen LogP contribution in [-0.4, -0.2) is 80.1 Å². The summed E-state index contributed by atoms with van der Waals surface area (Å²) in [6.07, 6.45) is 39.9. The van der Waals surface area contributed by atoms with Crippen LogP contribution in [0.1, 0.15) is 226 Å². The molecule has 8 rings (SSSR count). The zero-order valence-corrected chi connectivity index (χ0v) is 65.4. The summed E-state index contributed by atoms with van der Waals surface area (Å²) in [6, 6.07) is 0. The van der Waals surface area contributed by atoms with Gasteiger partial charge in [0.15, 0.2) is 33.3 Å². The minimum Gasteiger partial charge on any atom is -0.413 e. The highest BCUT2D eigenvalue weighted by molar-refractivity contribution is 6.75. The lowest BCUT2D eigenvalue weighted by Gasteiger charge is -2.45. The summed E-state index contributed by atoms with van der Waals surface area (Å²) < 4.78 is 28.3. The Hall–Kier alpha value is -1.45. The van der Waals surface area contributed by atoms with E-state index in [4.69, 9.17) is 17.7 Å². The van der Waals surface area contributed by atoms with Crippen molar-refractivity contribution in [3.8, 4) is 0 Å². The maximum absolute atomic E-state index is 10.5. The number of hydrogen-bond acceptors (Lipinski definition) is 6. The van der Waals surface area contributed by atoms with Crippen molar-refractivity contribution in [1.29, 1.82) is 0 Å². The molecule has 500 valence electrons. The Morgan fingerprint density at radius 3 is 1.06 bits per heavy atom. The van der Waals surface area contributed by atoms with Crippen molar-refractivity contribution in [2.24, 2.45) is 58.2 Å². The maximum atomic E-state index is 10.5. The number of hydrogen-bond donors (Lipinski definition) is 2. The number of aliphatic hydroxyl groups excluding tert-OH is 2. The number of fused-ring (bicyclic) bond motifs is 2. The highest BCUT2D eigenvalue weighted by Crippen LogP contribution is 2.61. The summed E-state index contributed by atoms with van der Waals surface area (Å²) in [5.74, 6) is 4.70. The molecule has 2 N–H and O–H groups in total. The van der Waals surface area contributed by atoms with Gasteiger partial charge in [0.05, 0.1) is 36.6 Å². The second-order valence-corrected chi connectivity index (χ2v) is 55.9. The standard InChI is InChI=1S/2C39H68O3Si2/c2*1-27(16-23-35(40)30-18-19-30)33-21-22-34-29(15-14-24-39(33,34)9)17-20-31-25-32(41-43(10,11)37(3,4)5)26-36(28(31)2)42-44(12,13)38(6,7)8/h2*16-17,20,23,27,30,32-36,40H,2,14-15,18-19,21-22,24-26H2,1,3-13H3/b23-16+,29-17+,31-20+;23-16+,29-17+,31-20-/t2*27-,32-,33+,34+,35-,36+,39-/m11/s1. The molecule has 8 aliphatic rings. The van der Waals surface area contributed by atoms with Gasteiger partial charge in [-0.3, -0.25) is 0 Å². The van der Waals surface area contributed by atoms with E-state index in [2.05, 4.69) is 225 Å². The molecule has 0 aliphatic heterocycles. The predicted molar refractivity (Wildman–Crippen MR) is 388 cm³/mol. The fourth-order valence-electron chi connectivity index (χ4n) is 15.9. The number of allylic oxidation sites excluding steroid dienone is 8. The molecule has 0 aromatic carbocycles. The molecule has 0 saturated heterocycles. The van der Waals surface area contributed by atoms with E-state index in [1.165, 1.54) is 112 Å². The lowest BCUT2D eigenvalue weighted by molar-refractivity contribution is 0.0965. The Morgan fingerprint density at radius 1 is 0.455 bits per heavy atom. The Morgan fingerprint density at radius 2 is 0.761 bits per heavy atom. The van der Waals surface area contributed by atoms with E-state index >= 15 is 0 Å². The molecule has 0 heterocycles. The lowest BCUT2D eigenvalue weighted by atomic mass is 9.61. The molecule has 8 aliphatic carbocycles. The summed E-state index contributed by atoms with van der Waals surface area (Å²) in [6.45, 7) is 66.3. The van der Waals surface area contributed by atoms with Gasteiger partial charge >= 0.3 is 0 Å². The minimum atomic E-state index is -1.98. The first-order chi connectivity index (χ1) is 40.3. The molecule has 0 bridgehead atoms. The smallest absolute Gasteiger partial charge is 0.192 e. The van der Waals surface area contributed by atoms with Gasteiger partial charge in [-0.2, -0.15) is 0 Å². The van der Waals surface area contributed by atoms with Crippen molar-refractivity contribution >= 4 is 33.3 Å². The first kappa shape index (κ1) is 74.0. The van der Waals surface area contributed by atoms with Crippen LogP contribution in [0.25, 0.3) is 0 Å². The molecule has 8 fully saturated rings. The molecular weight excluding hydrogens is 1150 g/mol. The van der Waals surface area contributed by atoms with E-state index < -0.39 is 33.3 Å². The average molecular weight is 1280 g/mol. The SMILES string of the molecule is C=C1/C(=C/C=C2\CCC[C@@]3(C)[C@H]2CC[C@H]3[C@H](C)/C=C/[C@@H](O)C2CC2)C[C@@H](O[Si](C)(C)C(C)(C)C)C[C@@H]1O[Si](C)(C)C(C)(C)C.C=C1/C(=C\C=C2/CCC[C@@]3(C)[C@H]2CC[C@H]3[C@H](C)/C=C/[C@@H](O)C2CC2)C[C@@H](O[Si](C)(C)C(C)(C)C)C[C@@H]1O[Si](C)(C)C(C)(C)C. The second kappa shape index (κ2) is 27.7. The largest absolute Gasteiger partial charge is 0.413 e. The van der Waals surface area contributed by atoms with E-state index in [-0.39, 0.29) is 56.8 Å². The molecule has 88 heavy (non-hydrogen) atoms. The van der Waals surface area contributed by atoms with Crippen LogP contribution < -0.4 is 0 Å². The molecule has 6 nitrogen and oxygen atoms in total. The van der Waals surface area contributed by atoms with Crippen LogP contribution >= 0.6 is 0 Å². The molecule has 0 radical (unpaired) electrons. The third-order valence-electron chi connectivity index (χ3n) is 26.2. The van der Waals surface area contributed by atoms with Gasteiger partial charge in [-0.25, -0.2) is 0 Å². The molecule has 0 aromatic heterocycles. The molecule has 0 amide bonds. The fourth-order valence-corrected chi connectivity index (χ4v) is 21.2. The quantitative estimate of drug-likeness (QED) is 0.105. The van der Waals surface area contributed by atoms with E-state index in [9.17, 15) is 10.2 Å². The summed E-state index contributed by atoms with van der Waals surface area (Å²) in [5.41, 5.74) is 8.99. The van der Waals surface area contributed by atoms with E-state index in [1.807, 2.05) is 0 Å². The van der Waals surface area contributed by atoms with Gasteiger partial charge < -0.3 is 27.9 Å². The Bertz CT molecular complexity index is 2440. The van der Waals surface area contributed by atoms with Crippen LogP contribution in [0.4, 0.5) is 0 Å². The summed E-state index contributed by atoms with van der Waals surface area (Å²) in [5, 5.41) is 21.6. The Balaban J connectivity index is 0.000000251. The monoisotopic (exact) mass is 1280 g/mol. The molecule has 0 spiro atoms. The van der Waals surface area contributed by atoms with Crippen molar-refractivity contribution in [3.05, 3.63) is 95.2 Å². The van der Waals surface area contributed by atoms with Gasteiger partial charge in [0.2, 0.25) is 0 Å². The lowest BCUT2D eigenvalue weighted by Crippen LogP contribution is -2.49. The number of rotatable bonds is 18. The van der Waals surface area contributed by atoms with Gasteiger partial charge in [0.1, 0.15) is 0 Å². The Kier molecular flexibility index (Phi) is 23.3. The van der Waals surface area contributed by atoms with Gasteiger partial charge in [0.25, 0.3) is 0 Å². The zero-order valence-electron chi connectivity index (χ0n) is 61.4. The molecule has 0 aromatic rings. The van der Waals surface area contributed by atoms with Crippen LogP contribution in [0.2, 0.25) is 72.5 Å². The topological polar surface area (TPSA) is 77.4 Å². The molecule has 0 unspecified atom stereocenters. The predicted octanol–water partition coefficient (Wildman–Crippen LogP) is 22.3. The van der Waals surface area contributed by atoms with Crippen molar-refractivity contribution in [3.63, 3.8) is 0 Å². The third kappa shape index (κ3) is 17.3. The summed E-state index contributed by atoms with van der Waals surface area (Å²) in [7, 11) is -7.80. The van der Waals surface area contributed by atoms with Crippen LogP contribution in [0.15, 0.2) is 95.2 Å². The van der Waals surface area contributed by atoms with Crippen LogP contribution in [-0.2, 0) is 17.7 Å². The summed E-state index contributed by atoms with van der Waals surface area (Å²) >= 11 is 0. The van der Waals surface area contributed by atoms with Crippen LogP contribution in [0.3, 0.4) is 0 Å². The number of aliphatic hydroxyl groups is 2. The van der Waals surface area contributed by atoms with Gasteiger partial charge in [-0.1, -0.05) is 184 Å². The van der Waals surface area contributed by atoms with Crippen molar-refractivity contribution in [2.45, 2.75) is 336 Å². The van der Waals surface area contributed by atoms with E-state index in [0.717, 1.165) is 25.7 Å². The van der Waals surface area contributed by atoms with E-state index in [1.54, 1.807) is 11.1 Å². The fraction of sp³-hybridized carbons (Fsp3) is 0.795. The van der Waals surface area contributed by atoms with Gasteiger partial charge in [-0.05, 0) is 256 Å². The van der Waals surface area contributed by atoms with Gasteiger partial charge in [-0.15, -0.1) is 0 Å².